The van der Waals surface area contributed by atoms with E-state index in [-0.39, 0.29) is 5.91 Å². The SMILES string of the molecule is CCOc1ccccc1C(=O)Nc1ccn(Cc2cccc(Cl)c2)n1. The van der Waals surface area contributed by atoms with E-state index in [1.165, 1.54) is 0 Å². The number of carbonyl (C=O) groups is 1. The highest BCUT2D eigenvalue weighted by molar-refractivity contribution is 6.30. The third-order valence-electron chi connectivity index (χ3n) is 3.55. The Morgan fingerprint density at radius 3 is 2.84 bits per heavy atom. The van der Waals surface area contributed by atoms with Crippen molar-refractivity contribution in [2.75, 3.05) is 11.9 Å². The van der Waals surface area contributed by atoms with E-state index in [1.807, 2.05) is 43.5 Å². The van der Waals surface area contributed by atoms with E-state index >= 15 is 0 Å². The number of para-hydroxylation sites is 1. The van der Waals surface area contributed by atoms with Crippen molar-refractivity contribution in [3.05, 3.63) is 76.9 Å². The van der Waals surface area contributed by atoms with Crippen molar-refractivity contribution in [2.24, 2.45) is 0 Å². The van der Waals surface area contributed by atoms with Crippen molar-refractivity contribution >= 4 is 23.3 Å². The molecule has 25 heavy (non-hydrogen) atoms. The van der Waals surface area contributed by atoms with E-state index in [0.717, 1.165) is 5.56 Å². The van der Waals surface area contributed by atoms with Gasteiger partial charge in [-0.05, 0) is 36.8 Å². The Bertz CT molecular complexity index is 876. The number of nitrogens with zero attached hydrogens (tertiary/aromatic N) is 2. The molecule has 0 aliphatic carbocycles. The van der Waals surface area contributed by atoms with Gasteiger partial charge >= 0.3 is 0 Å². The molecule has 3 aromatic rings. The van der Waals surface area contributed by atoms with Crippen LogP contribution < -0.4 is 10.1 Å². The lowest BCUT2D eigenvalue weighted by Crippen LogP contribution is -2.14. The molecule has 128 valence electrons. The molecule has 0 spiro atoms. The fourth-order valence-electron chi connectivity index (χ4n) is 2.46. The number of anilines is 1. The molecule has 1 heterocycles. The highest BCUT2D eigenvalue weighted by atomic mass is 35.5. The number of hydrogen-bond acceptors (Lipinski definition) is 3. The normalized spacial score (nSPS) is 10.5. The number of aromatic nitrogens is 2. The van der Waals surface area contributed by atoms with Crippen LogP contribution in [0.4, 0.5) is 5.82 Å². The van der Waals surface area contributed by atoms with Gasteiger partial charge in [-0.3, -0.25) is 9.48 Å². The Kier molecular flexibility index (Phi) is 5.36. The van der Waals surface area contributed by atoms with Gasteiger partial charge in [-0.25, -0.2) is 0 Å². The van der Waals surface area contributed by atoms with Crippen LogP contribution in [0.5, 0.6) is 5.75 Å². The van der Waals surface area contributed by atoms with Crippen molar-refractivity contribution in [3.8, 4) is 5.75 Å². The molecule has 1 aromatic heterocycles. The summed E-state index contributed by atoms with van der Waals surface area (Å²) in [5, 5.41) is 7.86. The Labute approximate surface area is 151 Å². The van der Waals surface area contributed by atoms with Crippen LogP contribution in [0.15, 0.2) is 60.8 Å². The van der Waals surface area contributed by atoms with Crippen LogP contribution in [-0.4, -0.2) is 22.3 Å². The number of amides is 1. The summed E-state index contributed by atoms with van der Waals surface area (Å²) in [6, 6.07) is 16.5. The van der Waals surface area contributed by atoms with Gasteiger partial charge in [0.25, 0.3) is 5.91 Å². The van der Waals surface area contributed by atoms with Crippen LogP contribution >= 0.6 is 11.6 Å². The maximum Gasteiger partial charge on any atom is 0.260 e. The summed E-state index contributed by atoms with van der Waals surface area (Å²) in [6.45, 7) is 2.96. The second-order valence-electron chi connectivity index (χ2n) is 5.41. The number of ether oxygens (including phenoxy) is 1. The summed E-state index contributed by atoms with van der Waals surface area (Å²) >= 11 is 5.99. The lowest BCUT2D eigenvalue weighted by molar-refractivity contribution is 0.102. The van der Waals surface area contributed by atoms with E-state index in [1.54, 1.807) is 28.9 Å². The number of hydrogen-bond donors (Lipinski definition) is 1. The molecule has 0 bridgehead atoms. The first-order chi connectivity index (χ1) is 12.2. The van der Waals surface area contributed by atoms with Gasteiger partial charge in [0.15, 0.2) is 5.82 Å². The van der Waals surface area contributed by atoms with Crippen molar-refractivity contribution in [3.63, 3.8) is 0 Å². The minimum Gasteiger partial charge on any atom is -0.493 e. The van der Waals surface area contributed by atoms with Crippen molar-refractivity contribution in [1.29, 1.82) is 0 Å². The van der Waals surface area contributed by atoms with E-state index < -0.39 is 0 Å². The molecule has 0 saturated carbocycles. The number of carbonyl (C=O) groups excluding carboxylic acids is 1. The highest BCUT2D eigenvalue weighted by Crippen LogP contribution is 2.19. The van der Waals surface area contributed by atoms with Gasteiger partial charge in [0.1, 0.15) is 5.75 Å². The van der Waals surface area contributed by atoms with Crippen LogP contribution in [0.25, 0.3) is 0 Å². The van der Waals surface area contributed by atoms with E-state index in [2.05, 4.69) is 10.4 Å². The molecule has 1 N–H and O–H groups in total. The topological polar surface area (TPSA) is 56.1 Å². The molecule has 3 rings (SSSR count). The Morgan fingerprint density at radius 2 is 2.04 bits per heavy atom. The molecular formula is C19H18ClN3O2. The van der Waals surface area contributed by atoms with Crippen molar-refractivity contribution < 1.29 is 9.53 Å². The van der Waals surface area contributed by atoms with Gasteiger partial charge in [0.05, 0.1) is 18.7 Å². The van der Waals surface area contributed by atoms with E-state index in [4.69, 9.17) is 16.3 Å². The molecule has 0 radical (unpaired) electrons. The van der Waals surface area contributed by atoms with Crippen LogP contribution in [0.3, 0.4) is 0 Å². The zero-order valence-electron chi connectivity index (χ0n) is 13.8. The molecule has 0 aliphatic rings. The van der Waals surface area contributed by atoms with Crippen molar-refractivity contribution in [1.82, 2.24) is 9.78 Å². The maximum absolute atomic E-state index is 12.5. The molecular weight excluding hydrogens is 338 g/mol. The van der Waals surface area contributed by atoms with Gasteiger partial charge in [-0.1, -0.05) is 35.9 Å². The van der Waals surface area contributed by atoms with Crippen LogP contribution in [0.1, 0.15) is 22.8 Å². The lowest BCUT2D eigenvalue weighted by Gasteiger charge is -2.09. The molecule has 0 atom stereocenters. The van der Waals surface area contributed by atoms with Crippen LogP contribution in [0, 0.1) is 0 Å². The predicted octanol–water partition coefficient (Wildman–Crippen LogP) is 4.24. The summed E-state index contributed by atoms with van der Waals surface area (Å²) in [5.74, 6) is 0.788. The third-order valence-corrected chi connectivity index (χ3v) is 3.78. The lowest BCUT2D eigenvalue weighted by atomic mass is 10.2. The maximum atomic E-state index is 12.5. The molecule has 5 nitrogen and oxygen atoms in total. The highest BCUT2D eigenvalue weighted by Gasteiger charge is 2.13. The number of halogens is 1. The second-order valence-corrected chi connectivity index (χ2v) is 5.85. The summed E-state index contributed by atoms with van der Waals surface area (Å²) in [4.78, 5) is 12.5. The summed E-state index contributed by atoms with van der Waals surface area (Å²) in [6.07, 6.45) is 1.81. The fourth-order valence-corrected chi connectivity index (χ4v) is 2.67. The molecule has 0 aliphatic heterocycles. The van der Waals surface area contributed by atoms with Gasteiger partial charge in [0, 0.05) is 17.3 Å². The molecule has 6 heteroatoms. The van der Waals surface area contributed by atoms with Crippen LogP contribution in [-0.2, 0) is 6.54 Å². The standard InChI is InChI=1S/C19H18ClN3O2/c1-2-25-17-9-4-3-8-16(17)19(24)21-18-10-11-23(22-18)13-14-6-5-7-15(20)12-14/h3-12H,2,13H2,1H3,(H,21,22,24). The predicted molar refractivity (Wildman–Crippen MR) is 98.3 cm³/mol. The first-order valence-corrected chi connectivity index (χ1v) is 8.34. The van der Waals surface area contributed by atoms with Gasteiger partial charge in [0.2, 0.25) is 0 Å². The van der Waals surface area contributed by atoms with Crippen molar-refractivity contribution in [2.45, 2.75) is 13.5 Å². The van der Waals surface area contributed by atoms with Gasteiger partial charge in [-0.2, -0.15) is 5.10 Å². The Morgan fingerprint density at radius 1 is 1.20 bits per heavy atom. The van der Waals surface area contributed by atoms with E-state index in [0.29, 0.717) is 35.3 Å². The zero-order valence-corrected chi connectivity index (χ0v) is 14.5. The molecule has 1 amide bonds. The average molecular weight is 356 g/mol. The molecule has 0 unspecified atom stereocenters. The molecule has 0 fully saturated rings. The van der Waals surface area contributed by atoms with Crippen LogP contribution in [0.2, 0.25) is 5.02 Å². The third kappa shape index (κ3) is 4.39. The first kappa shape index (κ1) is 17.0. The van der Waals surface area contributed by atoms with E-state index in [9.17, 15) is 4.79 Å². The zero-order chi connectivity index (χ0) is 17.6. The Hall–Kier alpha value is -2.79. The largest absolute Gasteiger partial charge is 0.493 e. The smallest absolute Gasteiger partial charge is 0.260 e. The fraction of sp³-hybridized carbons (Fsp3) is 0.158. The monoisotopic (exact) mass is 355 g/mol. The second kappa shape index (κ2) is 7.85. The number of nitrogens with one attached hydrogen (secondary N) is 1. The summed E-state index contributed by atoms with van der Waals surface area (Å²) < 4.78 is 7.24. The average Bonchev–Trinajstić information content (AvgIpc) is 3.02. The minimum atomic E-state index is -0.253. The van der Waals surface area contributed by atoms with Gasteiger partial charge < -0.3 is 10.1 Å². The summed E-state index contributed by atoms with van der Waals surface area (Å²) in [7, 11) is 0. The molecule has 0 saturated heterocycles. The first-order valence-electron chi connectivity index (χ1n) is 7.97. The van der Waals surface area contributed by atoms with Gasteiger partial charge in [-0.15, -0.1) is 0 Å². The summed E-state index contributed by atoms with van der Waals surface area (Å²) in [5.41, 5.74) is 1.52. The number of benzene rings is 2. The number of rotatable bonds is 6. The minimum absolute atomic E-state index is 0.253. The quantitative estimate of drug-likeness (QED) is 0.719. The Balaban J connectivity index is 1.70. The molecule has 2 aromatic carbocycles.